The van der Waals surface area contributed by atoms with E-state index in [4.69, 9.17) is 9.47 Å². The summed E-state index contributed by atoms with van der Waals surface area (Å²) in [5.41, 5.74) is 0.656. The van der Waals surface area contributed by atoms with Crippen molar-refractivity contribution in [1.29, 1.82) is 0 Å². The number of esters is 1. The lowest BCUT2D eigenvalue weighted by Gasteiger charge is -2.19. The number of carbonyl (C=O) groups is 1. The molecule has 0 saturated heterocycles. The molecule has 0 spiro atoms. The average molecular weight is 429 g/mol. The molecule has 0 aliphatic heterocycles. The summed E-state index contributed by atoms with van der Waals surface area (Å²) in [6, 6.07) is 9.49. The van der Waals surface area contributed by atoms with Crippen LogP contribution in [0.5, 0.6) is 11.5 Å². The summed E-state index contributed by atoms with van der Waals surface area (Å²) in [6.07, 6.45) is 6.84. The third-order valence-electron chi connectivity index (χ3n) is 7.05. The lowest BCUT2D eigenvalue weighted by atomic mass is 9.87. The van der Waals surface area contributed by atoms with Gasteiger partial charge in [0.15, 0.2) is 11.6 Å². The van der Waals surface area contributed by atoms with Gasteiger partial charge < -0.3 is 9.47 Å². The number of hydrogen-bond donors (Lipinski definition) is 0. The predicted octanol–water partition coefficient (Wildman–Crippen LogP) is 6.79. The van der Waals surface area contributed by atoms with Crippen molar-refractivity contribution in [3.8, 4) is 22.6 Å². The molecule has 3 nitrogen and oxygen atoms in total. The van der Waals surface area contributed by atoms with E-state index in [2.05, 4.69) is 6.92 Å². The lowest BCUT2D eigenvalue weighted by molar-refractivity contribution is -0.140. The number of rotatable bonds is 7. The number of carbonyl (C=O) groups excluding carboxylic acids is 1. The van der Waals surface area contributed by atoms with Gasteiger partial charge in [-0.1, -0.05) is 31.9 Å². The van der Waals surface area contributed by atoms with E-state index in [9.17, 15) is 13.6 Å². The molecule has 0 amide bonds. The molecule has 0 radical (unpaired) electrons. The monoisotopic (exact) mass is 428 g/mol. The summed E-state index contributed by atoms with van der Waals surface area (Å²) in [4.78, 5) is 12.8. The molecule has 31 heavy (non-hydrogen) atoms. The maximum Gasteiger partial charge on any atom is 0.314 e. The van der Waals surface area contributed by atoms with Crippen molar-refractivity contribution >= 4 is 5.97 Å². The second-order valence-corrected chi connectivity index (χ2v) is 8.76. The van der Waals surface area contributed by atoms with Crippen LogP contribution in [0.25, 0.3) is 11.1 Å². The Morgan fingerprint density at radius 1 is 0.935 bits per heavy atom. The fourth-order valence-corrected chi connectivity index (χ4v) is 5.66. The molecule has 2 aliphatic rings. The van der Waals surface area contributed by atoms with E-state index in [1.807, 2.05) is 0 Å². The van der Waals surface area contributed by atoms with Crippen LogP contribution in [-0.2, 0) is 4.79 Å². The zero-order valence-corrected chi connectivity index (χ0v) is 18.2. The number of fused-ring (bicyclic) bond motifs is 1. The van der Waals surface area contributed by atoms with Gasteiger partial charge in [0.1, 0.15) is 5.75 Å². The van der Waals surface area contributed by atoms with Gasteiger partial charge in [0.2, 0.25) is 5.82 Å². The van der Waals surface area contributed by atoms with Crippen LogP contribution in [-0.4, -0.2) is 12.6 Å². The van der Waals surface area contributed by atoms with Gasteiger partial charge in [-0.25, -0.2) is 4.39 Å². The summed E-state index contributed by atoms with van der Waals surface area (Å²) in [5.74, 6) is 0.0848. The molecule has 166 valence electrons. The first kappa shape index (κ1) is 21.8. The van der Waals surface area contributed by atoms with Crippen LogP contribution in [0.4, 0.5) is 8.78 Å². The van der Waals surface area contributed by atoms with Gasteiger partial charge in [0, 0.05) is 5.56 Å². The predicted molar refractivity (Wildman–Crippen MR) is 116 cm³/mol. The first-order valence-corrected chi connectivity index (χ1v) is 11.5. The summed E-state index contributed by atoms with van der Waals surface area (Å²) < 4.78 is 39.4. The highest BCUT2D eigenvalue weighted by molar-refractivity contribution is 5.76. The third kappa shape index (κ3) is 4.32. The maximum absolute atomic E-state index is 14.5. The molecule has 0 heterocycles. The highest BCUT2D eigenvalue weighted by Gasteiger charge is 2.47. The summed E-state index contributed by atoms with van der Waals surface area (Å²) in [5, 5.41) is 0. The molecule has 2 saturated carbocycles. The van der Waals surface area contributed by atoms with E-state index in [0.717, 1.165) is 25.2 Å². The number of benzene rings is 2. The van der Waals surface area contributed by atoms with Crippen LogP contribution in [0.1, 0.15) is 52.4 Å². The molecule has 2 aromatic rings. The Bertz CT molecular complexity index is 925. The molecule has 5 heteroatoms. The first-order chi connectivity index (χ1) is 15.0. The van der Waals surface area contributed by atoms with Crippen LogP contribution in [0.15, 0.2) is 36.4 Å². The van der Waals surface area contributed by atoms with Crippen LogP contribution >= 0.6 is 0 Å². The zero-order chi connectivity index (χ0) is 22.0. The van der Waals surface area contributed by atoms with Crippen molar-refractivity contribution in [2.45, 2.75) is 52.4 Å². The fourth-order valence-electron chi connectivity index (χ4n) is 5.66. The maximum atomic E-state index is 14.5. The number of hydrogen-bond acceptors (Lipinski definition) is 3. The molecule has 0 bridgehead atoms. The van der Waals surface area contributed by atoms with Crippen LogP contribution in [0.3, 0.4) is 0 Å². The van der Waals surface area contributed by atoms with Gasteiger partial charge in [0.25, 0.3) is 0 Å². The SMILES string of the molecule is CCCC1CCC2C(C(=O)Oc3ccc(-c4ccc(OCC)c(F)c4F)cc3)CCC12. The van der Waals surface area contributed by atoms with Crippen molar-refractivity contribution in [1.82, 2.24) is 0 Å². The molecule has 2 aliphatic carbocycles. The first-order valence-electron chi connectivity index (χ1n) is 11.5. The van der Waals surface area contributed by atoms with Gasteiger partial charge in [-0.2, -0.15) is 4.39 Å². The topological polar surface area (TPSA) is 35.5 Å². The zero-order valence-electron chi connectivity index (χ0n) is 18.2. The van der Waals surface area contributed by atoms with E-state index < -0.39 is 11.6 Å². The minimum atomic E-state index is -0.997. The minimum Gasteiger partial charge on any atom is -0.491 e. The quantitative estimate of drug-likeness (QED) is 0.360. The Morgan fingerprint density at radius 3 is 2.39 bits per heavy atom. The van der Waals surface area contributed by atoms with E-state index >= 15 is 0 Å². The van der Waals surface area contributed by atoms with Crippen molar-refractivity contribution < 1.29 is 23.0 Å². The van der Waals surface area contributed by atoms with Gasteiger partial charge in [-0.3, -0.25) is 4.79 Å². The summed E-state index contributed by atoms with van der Waals surface area (Å²) in [6.45, 7) is 4.20. The van der Waals surface area contributed by atoms with E-state index in [1.54, 1.807) is 31.2 Å². The van der Waals surface area contributed by atoms with Gasteiger partial charge in [-0.15, -0.1) is 0 Å². The standard InChI is InChI=1S/C26H30F2O3/c1-3-5-16-8-11-21-19(16)12-13-22(21)26(29)31-18-9-6-17(7-10-18)20-14-15-23(30-4-2)25(28)24(20)27/h6-7,9-10,14-16,19,21-22H,3-5,8,11-13H2,1-2H3. The van der Waals surface area contributed by atoms with Crippen LogP contribution in [0.2, 0.25) is 0 Å². The Morgan fingerprint density at radius 2 is 1.68 bits per heavy atom. The largest absolute Gasteiger partial charge is 0.491 e. The van der Waals surface area contributed by atoms with Crippen molar-refractivity contribution in [3.63, 3.8) is 0 Å². The van der Waals surface area contributed by atoms with Crippen molar-refractivity contribution in [2.75, 3.05) is 6.61 Å². The molecule has 0 N–H and O–H groups in total. The average Bonchev–Trinajstić information content (AvgIpc) is 3.36. The highest BCUT2D eigenvalue weighted by Crippen LogP contribution is 2.52. The number of halogens is 2. The smallest absolute Gasteiger partial charge is 0.314 e. The van der Waals surface area contributed by atoms with E-state index in [-0.39, 0.29) is 29.8 Å². The normalized spacial score (nSPS) is 24.8. The van der Waals surface area contributed by atoms with Crippen molar-refractivity contribution in [2.24, 2.45) is 23.7 Å². The molecule has 4 atom stereocenters. The Labute approximate surface area is 182 Å². The summed E-state index contributed by atoms with van der Waals surface area (Å²) in [7, 11) is 0. The second kappa shape index (κ2) is 9.37. The molecular formula is C26H30F2O3. The second-order valence-electron chi connectivity index (χ2n) is 8.76. The van der Waals surface area contributed by atoms with E-state index in [0.29, 0.717) is 23.1 Å². The van der Waals surface area contributed by atoms with Crippen LogP contribution < -0.4 is 9.47 Å². The molecule has 0 aromatic heterocycles. The van der Waals surface area contributed by atoms with Gasteiger partial charge in [-0.05, 0) is 80.2 Å². The Kier molecular flexibility index (Phi) is 6.59. The molecule has 2 fully saturated rings. The van der Waals surface area contributed by atoms with Gasteiger partial charge >= 0.3 is 5.97 Å². The summed E-state index contributed by atoms with van der Waals surface area (Å²) >= 11 is 0. The molecule has 2 aromatic carbocycles. The lowest BCUT2D eigenvalue weighted by Crippen LogP contribution is -2.25. The number of ether oxygens (including phenoxy) is 2. The third-order valence-corrected chi connectivity index (χ3v) is 7.05. The fraction of sp³-hybridized carbons (Fsp3) is 0.500. The minimum absolute atomic E-state index is 0.0239. The molecule has 4 rings (SSSR count). The molecular weight excluding hydrogens is 398 g/mol. The molecule has 4 unspecified atom stereocenters. The Balaban J connectivity index is 1.43. The highest BCUT2D eigenvalue weighted by atomic mass is 19.2. The van der Waals surface area contributed by atoms with Gasteiger partial charge in [0.05, 0.1) is 12.5 Å². The Hall–Kier alpha value is -2.43. The van der Waals surface area contributed by atoms with Crippen molar-refractivity contribution in [3.05, 3.63) is 48.0 Å². The van der Waals surface area contributed by atoms with Crippen LogP contribution in [0, 0.1) is 35.3 Å². The van der Waals surface area contributed by atoms with E-state index in [1.165, 1.54) is 31.4 Å².